The van der Waals surface area contributed by atoms with Crippen LogP contribution in [0.3, 0.4) is 0 Å². The topological polar surface area (TPSA) is 100 Å². The second-order valence-electron chi connectivity index (χ2n) is 5.75. The van der Waals surface area contributed by atoms with Crippen LogP contribution in [0.2, 0.25) is 10.0 Å². The molecule has 28 heavy (non-hydrogen) atoms. The molecule has 3 rings (SSSR count). The van der Waals surface area contributed by atoms with E-state index < -0.39 is 0 Å². The molecule has 0 unspecified atom stereocenters. The minimum atomic E-state index is -0.314. The molecule has 0 spiro atoms. The Morgan fingerprint density at radius 1 is 1.14 bits per heavy atom. The number of rotatable bonds is 7. The zero-order valence-electron chi connectivity index (χ0n) is 15.2. The van der Waals surface area contributed by atoms with E-state index in [9.17, 15) is 4.79 Å². The first kappa shape index (κ1) is 20.1. The molecule has 0 aliphatic carbocycles. The van der Waals surface area contributed by atoms with Crippen LogP contribution in [0.25, 0.3) is 11.5 Å². The smallest absolute Gasteiger partial charge is 0.227 e. The molecule has 3 aromatic rings. The fraction of sp³-hybridized carbons (Fsp3) is 0.211. The number of hydrogen-bond acceptors (Lipinski definition) is 7. The Morgan fingerprint density at radius 2 is 1.82 bits per heavy atom. The standard InChI is InChI=1S/C19H17Cl2N3O4/c1-26-15-4-3-10(5-16(15)27-2)19-24-18(17(7-22)28-19)14(25)6-11-12(20)8-23-9-13(11)21/h3-5,8-9H,6-7,22H2,1-2H3. The average Bonchev–Trinajstić information content (AvgIpc) is 3.14. The number of carbonyl (C=O) groups is 1. The maximum absolute atomic E-state index is 12.8. The number of oxazole rings is 1. The SMILES string of the molecule is COc1ccc(-c2nc(C(=O)Cc3c(Cl)cncc3Cl)c(CN)o2)cc1OC. The van der Waals surface area contributed by atoms with Gasteiger partial charge < -0.3 is 19.6 Å². The molecule has 0 amide bonds. The molecule has 7 nitrogen and oxygen atoms in total. The Hall–Kier alpha value is -2.61. The van der Waals surface area contributed by atoms with E-state index in [1.54, 1.807) is 25.3 Å². The maximum Gasteiger partial charge on any atom is 0.227 e. The molecule has 0 fully saturated rings. The van der Waals surface area contributed by atoms with Gasteiger partial charge in [-0.05, 0) is 18.2 Å². The molecule has 0 saturated carbocycles. The molecule has 2 aromatic heterocycles. The second-order valence-corrected chi connectivity index (χ2v) is 6.56. The van der Waals surface area contributed by atoms with Gasteiger partial charge in [0, 0.05) is 29.9 Å². The Labute approximate surface area is 171 Å². The summed E-state index contributed by atoms with van der Waals surface area (Å²) in [7, 11) is 3.07. The zero-order valence-corrected chi connectivity index (χ0v) is 16.7. The predicted octanol–water partition coefficient (Wildman–Crippen LogP) is 3.94. The third-order valence-electron chi connectivity index (χ3n) is 4.07. The van der Waals surface area contributed by atoms with E-state index >= 15 is 0 Å². The number of hydrogen-bond donors (Lipinski definition) is 1. The average molecular weight is 422 g/mol. The van der Waals surface area contributed by atoms with Crippen LogP contribution in [0, 0.1) is 0 Å². The van der Waals surface area contributed by atoms with Crippen LogP contribution in [-0.2, 0) is 13.0 Å². The van der Waals surface area contributed by atoms with E-state index in [0.717, 1.165) is 0 Å². The van der Waals surface area contributed by atoms with Gasteiger partial charge in [0.1, 0.15) is 5.76 Å². The van der Waals surface area contributed by atoms with E-state index in [-0.39, 0.29) is 36.1 Å². The number of methoxy groups -OCH3 is 2. The molecule has 1 aromatic carbocycles. The largest absolute Gasteiger partial charge is 0.493 e. The third-order valence-corrected chi connectivity index (χ3v) is 4.72. The van der Waals surface area contributed by atoms with Crippen LogP contribution in [-0.4, -0.2) is 30.0 Å². The van der Waals surface area contributed by atoms with Crippen LogP contribution >= 0.6 is 23.2 Å². The molecule has 2 heterocycles. The van der Waals surface area contributed by atoms with Gasteiger partial charge in [-0.3, -0.25) is 9.78 Å². The van der Waals surface area contributed by atoms with Crippen molar-refractivity contribution in [2.45, 2.75) is 13.0 Å². The Kier molecular flexibility index (Phi) is 6.18. The molecule has 146 valence electrons. The molecular formula is C19H17Cl2N3O4. The van der Waals surface area contributed by atoms with Gasteiger partial charge in [0.2, 0.25) is 5.89 Å². The van der Waals surface area contributed by atoms with E-state index in [0.29, 0.717) is 32.7 Å². The van der Waals surface area contributed by atoms with Crippen molar-refractivity contribution < 1.29 is 18.7 Å². The van der Waals surface area contributed by atoms with Crippen molar-refractivity contribution in [2.24, 2.45) is 5.73 Å². The first-order valence-electron chi connectivity index (χ1n) is 8.21. The minimum absolute atomic E-state index is 0.0131. The van der Waals surface area contributed by atoms with E-state index in [1.807, 2.05) is 0 Å². The summed E-state index contributed by atoms with van der Waals surface area (Å²) < 4.78 is 16.2. The van der Waals surface area contributed by atoms with Gasteiger partial charge in [-0.15, -0.1) is 0 Å². The molecule has 9 heteroatoms. The van der Waals surface area contributed by atoms with Crippen LogP contribution < -0.4 is 15.2 Å². The number of ether oxygens (including phenoxy) is 2. The van der Waals surface area contributed by atoms with Crippen molar-refractivity contribution in [3.63, 3.8) is 0 Å². The lowest BCUT2D eigenvalue weighted by atomic mass is 10.1. The zero-order chi connectivity index (χ0) is 20.3. The lowest BCUT2D eigenvalue weighted by Crippen LogP contribution is -2.10. The summed E-state index contributed by atoms with van der Waals surface area (Å²) >= 11 is 12.2. The van der Waals surface area contributed by atoms with Crippen LogP contribution in [0.4, 0.5) is 0 Å². The molecule has 2 N–H and O–H groups in total. The summed E-state index contributed by atoms with van der Waals surface area (Å²) in [5.74, 6) is 1.28. The summed E-state index contributed by atoms with van der Waals surface area (Å²) in [6.07, 6.45) is 2.81. The number of nitrogens with two attached hydrogens (primary N) is 1. The van der Waals surface area contributed by atoms with Crippen LogP contribution in [0.1, 0.15) is 21.8 Å². The summed E-state index contributed by atoms with van der Waals surface area (Å²) in [5.41, 5.74) is 6.97. The Bertz CT molecular complexity index is 1000. The number of halogens is 2. The Morgan fingerprint density at radius 3 is 2.43 bits per heavy atom. The number of carbonyl (C=O) groups excluding carboxylic acids is 1. The summed E-state index contributed by atoms with van der Waals surface area (Å²) in [4.78, 5) is 21.0. The normalized spacial score (nSPS) is 10.8. The fourth-order valence-corrected chi connectivity index (χ4v) is 3.15. The highest BCUT2D eigenvalue weighted by Gasteiger charge is 2.22. The number of Topliss-reactive ketones (excluding diaryl/α,β-unsaturated/α-hetero) is 1. The molecule has 0 saturated heterocycles. The summed E-state index contributed by atoms with van der Waals surface area (Å²) in [5, 5.41) is 0.609. The Balaban J connectivity index is 1.96. The maximum atomic E-state index is 12.8. The number of nitrogens with zero attached hydrogens (tertiary/aromatic N) is 2. The van der Waals surface area contributed by atoms with Gasteiger partial charge in [-0.2, -0.15) is 0 Å². The van der Waals surface area contributed by atoms with Crippen molar-refractivity contribution in [2.75, 3.05) is 14.2 Å². The molecule has 0 aliphatic rings. The monoisotopic (exact) mass is 421 g/mol. The number of aromatic nitrogens is 2. The van der Waals surface area contributed by atoms with Crippen LogP contribution in [0.15, 0.2) is 35.0 Å². The lowest BCUT2D eigenvalue weighted by molar-refractivity contribution is 0.0987. The highest BCUT2D eigenvalue weighted by Crippen LogP contribution is 2.33. The van der Waals surface area contributed by atoms with Gasteiger partial charge in [-0.25, -0.2) is 4.98 Å². The minimum Gasteiger partial charge on any atom is -0.493 e. The fourth-order valence-electron chi connectivity index (χ4n) is 2.65. The molecule has 0 radical (unpaired) electrons. The van der Waals surface area contributed by atoms with Gasteiger partial charge in [-0.1, -0.05) is 23.2 Å². The lowest BCUT2D eigenvalue weighted by Gasteiger charge is -2.07. The summed E-state index contributed by atoms with van der Waals surface area (Å²) in [6, 6.07) is 5.17. The highest BCUT2D eigenvalue weighted by molar-refractivity contribution is 6.36. The van der Waals surface area contributed by atoms with Gasteiger partial charge in [0.15, 0.2) is 23.0 Å². The number of ketones is 1. The van der Waals surface area contributed by atoms with Crippen molar-refractivity contribution in [1.29, 1.82) is 0 Å². The predicted molar refractivity (Wildman–Crippen MR) is 105 cm³/mol. The first-order chi connectivity index (χ1) is 13.5. The van der Waals surface area contributed by atoms with E-state index in [4.69, 9.17) is 42.8 Å². The van der Waals surface area contributed by atoms with Crippen molar-refractivity contribution in [3.05, 3.63) is 57.7 Å². The molecule has 0 atom stereocenters. The van der Waals surface area contributed by atoms with E-state index in [1.165, 1.54) is 19.5 Å². The quantitative estimate of drug-likeness (QED) is 0.576. The second kappa shape index (κ2) is 8.60. The van der Waals surface area contributed by atoms with Crippen molar-refractivity contribution >= 4 is 29.0 Å². The number of benzene rings is 1. The molecule has 0 bridgehead atoms. The van der Waals surface area contributed by atoms with Gasteiger partial charge >= 0.3 is 0 Å². The van der Waals surface area contributed by atoms with Crippen LogP contribution in [0.5, 0.6) is 11.5 Å². The highest BCUT2D eigenvalue weighted by atomic mass is 35.5. The van der Waals surface area contributed by atoms with Crippen molar-refractivity contribution in [1.82, 2.24) is 9.97 Å². The summed E-state index contributed by atoms with van der Waals surface area (Å²) in [6.45, 7) is 0.0131. The molecular weight excluding hydrogens is 405 g/mol. The number of pyridine rings is 1. The molecule has 0 aliphatic heterocycles. The van der Waals surface area contributed by atoms with E-state index in [2.05, 4.69) is 9.97 Å². The van der Waals surface area contributed by atoms with Gasteiger partial charge in [0.25, 0.3) is 0 Å². The third kappa shape index (κ3) is 3.96. The first-order valence-corrected chi connectivity index (χ1v) is 8.97. The van der Waals surface area contributed by atoms with Crippen molar-refractivity contribution in [3.8, 4) is 23.0 Å². The van der Waals surface area contributed by atoms with Gasteiger partial charge in [0.05, 0.1) is 30.8 Å².